The molecule has 0 aliphatic carbocycles. The van der Waals surface area contributed by atoms with Gasteiger partial charge in [0.25, 0.3) is 0 Å². The summed E-state index contributed by atoms with van der Waals surface area (Å²) in [6.07, 6.45) is 0.181. The number of alkyl halides is 3. The summed E-state index contributed by atoms with van der Waals surface area (Å²) in [5.74, 6) is 0.908. The van der Waals surface area contributed by atoms with Crippen LogP contribution in [0.5, 0.6) is 0 Å². The van der Waals surface area contributed by atoms with E-state index >= 15 is 0 Å². The second kappa shape index (κ2) is 5.21. The van der Waals surface area contributed by atoms with Gasteiger partial charge in [0.2, 0.25) is 0 Å². The summed E-state index contributed by atoms with van der Waals surface area (Å²) >= 11 is 0. The van der Waals surface area contributed by atoms with Crippen LogP contribution in [0.2, 0.25) is 0 Å². The Balaban J connectivity index is 2.06. The van der Waals surface area contributed by atoms with Crippen molar-refractivity contribution in [3.8, 4) is 17.2 Å². The van der Waals surface area contributed by atoms with Gasteiger partial charge in [0.05, 0.1) is 17.4 Å². The average molecular weight is 305 g/mol. The minimum Gasteiger partial charge on any atom is -0.261 e. The van der Waals surface area contributed by atoms with Crippen LogP contribution in [0, 0.1) is 6.92 Å². The number of hydrogen-bond acceptors (Lipinski definition) is 4. The standard InChI is InChI=1S/C14H10F3N5/c1-9-20-13(12-8-18-6-7-19-12)22(21-9)11-4-2-10(3-5-11)14(15,16)17/h2-8H,1H3. The Hall–Kier alpha value is -2.77. The van der Waals surface area contributed by atoms with Gasteiger partial charge in [0, 0.05) is 12.4 Å². The van der Waals surface area contributed by atoms with Crippen molar-refractivity contribution in [3.63, 3.8) is 0 Å². The van der Waals surface area contributed by atoms with Gasteiger partial charge >= 0.3 is 6.18 Å². The minimum absolute atomic E-state index is 0.422. The zero-order valence-corrected chi connectivity index (χ0v) is 11.4. The molecule has 112 valence electrons. The van der Waals surface area contributed by atoms with Gasteiger partial charge in [-0.05, 0) is 31.2 Å². The monoisotopic (exact) mass is 305 g/mol. The maximum atomic E-state index is 12.6. The highest BCUT2D eigenvalue weighted by Gasteiger charge is 2.30. The van der Waals surface area contributed by atoms with Gasteiger partial charge in [-0.15, -0.1) is 0 Å². The van der Waals surface area contributed by atoms with E-state index in [-0.39, 0.29) is 0 Å². The number of aromatic nitrogens is 5. The molecule has 0 atom stereocenters. The molecule has 3 aromatic rings. The van der Waals surface area contributed by atoms with Crippen molar-refractivity contribution < 1.29 is 13.2 Å². The van der Waals surface area contributed by atoms with E-state index < -0.39 is 11.7 Å². The van der Waals surface area contributed by atoms with Gasteiger partial charge in [0.1, 0.15) is 11.5 Å². The zero-order valence-electron chi connectivity index (χ0n) is 11.4. The number of rotatable bonds is 2. The van der Waals surface area contributed by atoms with Gasteiger partial charge in [-0.25, -0.2) is 14.6 Å². The Morgan fingerprint density at radius 3 is 2.36 bits per heavy atom. The maximum absolute atomic E-state index is 12.6. The molecule has 0 fully saturated rings. The van der Waals surface area contributed by atoms with Crippen LogP contribution in [-0.2, 0) is 6.18 Å². The molecule has 0 unspecified atom stereocenters. The molecule has 22 heavy (non-hydrogen) atoms. The van der Waals surface area contributed by atoms with Gasteiger partial charge in [-0.1, -0.05) is 0 Å². The highest BCUT2D eigenvalue weighted by atomic mass is 19.4. The molecule has 5 nitrogen and oxygen atoms in total. The largest absolute Gasteiger partial charge is 0.416 e. The molecule has 2 heterocycles. The van der Waals surface area contributed by atoms with Crippen LogP contribution in [0.3, 0.4) is 0 Å². The van der Waals surface area contributed by atoms with E-state index in [0.717, 1.165) is 12.1 Å². The summed E-state index contributed by atoms with van der Waals surface area (Å²) in [5, 5.41) is 4.21. The van der Waals surface area contributed by atoms with Crippen molar-refractivity contribution in [2.24, 2.45) is 0 Å². The average Bonchev–Trinajstić information content (AvgIpc) is 2.89. The molecular formula is C14H10F3N5. The molecule has 3 rings (SSSR count). The summed E-state index contributed by atoms with van der Waals surface area (Å²) in [5.41, 5.74) is 0.242. The van der Waals surface area contributed by atoms with Gasteiger partial charge in [0.15, 0.2) is 5.82 Å². The lowest BCUT2D eigenvalue weighted by Gasteiger charge is -2.08. The second-order valence-electron chi connectivity index (χ2n) is 4.53. The number of hydrogen-bond donors (Lipinski definition) is 0. The van der Waals surface area contributed by atoms with Crippen molar-refractivity contribution in [1.29, 1.82) is 0 Å². The molecule has 0 N–H and O–H groups in total. The highest BCUT2D eigenvalue weighted by Crippen LogP contribution is 2.30. The lowest BCUT2D eigenvalue weighted by molar-refractivity contribution is -0.137. The molecule has 0 saturated heterocycles. The number of nitrogens with zero attached hydrogens (tertiary/aromatic N) is 5. The smallest absolute Gasteiger partial charge is 0.261 e. The topological polar surface area (TPSA) is 56.5 Å². The number of halogens is 3. The first-order valence-electron chi connectivity index (χ1n) is 6.33. The molecule has 0 bridgehead atoms. The van der Waals surface area contributed by atoms with Crippen LogP contribution in [0.25, 0.3) is 17.2 Å². The fourth-order valence-electron chi connectivity index (χ4n) is 1.97. The maximum Gasteiger partial charge on any atom is 0.416 e. The zero-order chi connectivity index (χ0) is 15.7. The molecule has 0 saturated carbocycles. The van der Waals surface area contributed by atoms with Crippen molar-refractivity contribution in [2.75, 3.05) is 0 Å². The molecule has 2 aromatic heterocycles. The quantitative estimate of drug-likeness (QED) is 0.730. The summed E-state index contributed by atoms with van der Waals surface area (Å²) in [4.78, 5) is 12.4. The third kappa shape index (κ3) is 2.67. The first-order valence-corrected chi connectivity index (χ1v) is 6.33. The number of benzene rings is 1. The van der Waals surface area contributed by atoms with E-state index in [9.17, 15) is 13.2 Å². The van der Waals surface area contributed by atoms with E-state index in [2.05, 4.69) is 20.1 Å². The van der Waals surface area contributed by atoms with Crippen molar-refractivity contribution in [2.45, 2.75) is 13.1 Å². The Bertz CT molecular complexity index is 778. The van der Waals surface area contributed by atoms with Crippen molar-refractivity contribution in [3.05, 3.63) is 54.2 Å². The van der Waals surface area contributed by atoms with Crippen LogP contribution in [-0.4, -0.2) is 24.7 Å². The molecule has 0 radical (unpaired) electrons. The first kappa shape index (κ1) is 14.2. The van der Waals surface area contributed by atoms with Gasteiger partial charge in [-0.2, -0.15) is 18.3 Å². The summed E-state index contributed by atoms with van der Waals surface area (Å²) in [6, 6.07) is 4.70. The Labute approximate surface area is 123 Å². The Morgan fingerprint density at radius 2 is 1.77 bits per heavy atom. The molecule has 0 spiro atoms. The third-order valence-corrected chi connectivity index (χ3v) is 2.94. The number of aryl methyl sites for hydroxylation is 1. The van der Waals surface area contributed by atoms with Crippen LogP contribution in [0.4, 0.5) is 13.2 Å². The van der Waals surface area contributed by atoms with Crippen LogP contribution in [0.1, 0.15) is 11.4 Å². The third-order valence-electron chi connectivity index (χ3n) is 2.94. The van der Waals surface area contributed by atoms with E-state index in [1.807, 2.05) is 0 Å². The van der Waals surface area contributed by atoms with Crippen LogP contribution in [0.15, 0.2) is 42.9 Å². The lowest BCUT2D eigenvalue weighted by Crippen LogP contribution is -2.06. The normalized spacial score (nSPS) is 11.6. The highest BCUT2D eigenvalue weighted by molar-refractivity contribution is 5.52. The molecule has 8 heteroatoms. The Morgan fingerprint density at radius 1 is 1.05 bits per heavy atom. The SMILES string of the molecule is Cc1nc(-c2cnccn2)n(-c2ccc(C(F)(F)F)cc2)n1. The summed E-state index contributed by atoms with van der Waals surface area (Å²) in [6.45, 7) is 1.69. The van der Waals surface area contributed by atoms with E-state index in [1.165, 1.54) is 35.4 Å². The Kier molecular flexibility index (Phi) is 3.36. The second-order valence-corrected chi connectivity index (χ2v) is 4.53. The first-order chi connectivity index (χ1) is 10.4. The molecule has 0 aliphatic rings. The summed E-state index contributed by atoms with van der Waals surface area (Å²) in [7, 11) is 0. The fraction of sp³-hybridized carbons (Fsp3) is 0.143. The molecule has 1 aromatic carbocycles. The molecule has 0 amide bonds. The van der Waals surface area contributed by atoms with E-state index in [1.54, 1.807) is 6.92 Å². The molecule has 0 aliphatic heterocycles. The van der Waals surface area contributed by atoms with Crippen LogP contribution >= 0.6 is 0 Å². The van der Waals surface area contributed by atoms with Crippen LogP contribution < -0.4 is 0 Å². The lowest BCUT2D eigenvalue weighted by atomic mass is 10.2. The fourth-order valence-corrected chi connectivity index (χ4v) is 1.97. The van der Waals surface area contributed by atoms with Gasteiger partial charge < -0.3 is 0 Å². The van der Waals surface area contributed by atoms with Crippen molar-refractivity contribution >= 4 is 0 Å². The van der Waals surface area contributed by atoms with Crippen molar-refractivity contribution in [1.82, 2.24) is 24.7 Å². The summed E-state index contributed by atoms with van der Waals surface area (Å²) < 4.78 is 39.3. The predicted molar refractivity (Wildman–Crippen MR) is 72.1 cm³/mol. The van der Waals surface area contributed by atoms with E-state index in [4.69, 9.17) is 0 Å². The van der Waals surface area contributed by atoms with Gasteiger partial charge in [-0.3, -0.25) is 4.98 Å². The minimum atomic E-state index is -4.37. The molecular weight excluding hydrogens is 295 g/mol. The van der Waals surface area contributed by atoms with E-state index in [0.29, 0.717) is 23.0 Å². The predicted octanol–water partition coefficient (Wildman–Crippen LogP) is 3.05.